The van der Waals surface area contributed by atoms with Crippen molar-refractivity contribution < 1.29 is 9.26 Å². The van der Waals surface area contributed by atoms with Crippen molar-refractivity contribution in [1.82, 2.24) is 20.1 Å². The molecule has 200 valence electrons. The smallest absolute Gasteiger partial charge is 0.152 e. The summed E-state index contributed by atoms with van der Waals surface area (Å²) < 4.78 is 11.3. The van der Waals surface area contributed by atoms with Crippen molar-refractivity contribution >= 4 is 28.4 Å². The van der Waals surface area contributed by atoms with Gasteiger partial charge in [0.2, 0.25) is 0 Å². The minimum atomic E-state index is 0.00448. The first-order chi connectivity index (χ1) is 19.0. The zero-order chi connectivity index (χ0) is 27.1. The summed E-state index contributed by atoms with van der Waals surface area (Å²) in [5, 5.41) is 15.0. The van der Waals surface area contributed by atoms with Gasteiger partial charge in [-0.15, -0.1) is 0 Å². The minimum Gasteiger partial charge on any atom is -0.496 e. The molecule has 2 saturated heterocycles. The molecule has 0 amide bonds. The third-order valence-electron chi connectivity index (χ3n) is 7.95. The number of aryl methyl sites for hydroxylation is 2. The van der Waals surface area contributed by atoms with Crippen molar-refractivity contribution in [2.24, 2.45) is 0 Å². The Morgan fingerprint density at radius 2 is 1.87 bits per heavy atom. The lowest BCUT2D eigenvalue weighted by atomic mass is 9.97. The van der Waals surface area contributed by atoms with Crippen LogP contribution >= 0.6 is 0 Å². The molecule has 1 unspecified atom stereocenters. The number of anilines is 3. The van der Waals surface area contributed by atoms with Crippen molar-refractivity contribution in [3.05, 3.63) is 47.1 Å². The Hall–Kier alpha value is -4.39. The Kier molecular flexibility index (Phi) is 6.43. The zero-order valence-corrected chi connectivity index (χ0v) is 22.6. The Morgan fingerprint density at radius 1 is 1.05 bits per heavy atom. The number of aromatic nitrogens is 4. The molecule has 3 aromatic heterocycles. The summed E-state index contributed by atoms with van der Waals surface area (Å²) in [6.07, 6.45) is 6.86. The number of ether oxygens (including phenoxy) is 1. The normalized spacial score (nSPS) is 17.5. The van der Waals surface area contributed by atoms with Gasteiger partial charge < -0.3 is 24.8 Å². The van der Waals surface area contributed by atoms with Crippen LogP contribution in [0.4, 0.5) is 17.5 Å². The molecule has 0 aliphatic carbocycles. The topological polar surface area (TPSA) is 130 Å². The molecule has 0 radical (unpaired) electrons. The molecule has 39 heavy (non-hydrogen) atoms. The second-order valence-electron chi connectivity index (χ2n) is 10.3. The van der Waals surface area contributed by atoms with Crippen LogP contribution in [-0.2, 0) is 0 Å². The summed E-state index contributed by atoms with van der Waals surface area (Å²) in [6.45, 7) is 6.57. The summed E-state index contributed by atoms with van der Waals surface area (Å²) in [5.74, 6) is 3.27. The molecule has 1 atom stereocenters. The standard InChI is InChI=1S/C29H32N8O2/c1-17-26(18(2)39-35-17)21-13-19-12-20(24-8-7-11-37(24)28-22(15-30)27(31)32-16-33-28)29(36-9-5-4-6-10-36)34-23(19)14-25(21)38-3/h12-14,16,24H,4-11H2,1-3H3,(H2,31,32,33). The van der Waals surface area contributed by atoms with Crippen LogP contribution in [0.5, 0.6) is 5.75 Å². The molecule has 0 bridgehead atoms. The van der Waals surface area contributed by atoms with E-state index in [0.29, 0.717) is 11.4 Å². The number of nitriles is 1. The highest BCUT2D eigenvalue weighted by atomic mass is 16.5. The van der Waals surface area contributed by atoms with Gasteiger partial charge in [-0.1, -0.05) is 5.16 Å². The molecule has 1 aromatic carbocycles. The summed E-state index contributed by atoms with van der Waals surface area (Å²) in [4.78, 5) is 18.4. The maximum Gasteiger partial charge on any atom is 0.152 e. The molecule has 6 rings (SSSR count). The van der Waals surface area contributed by atoms with Gasteiger partial charge in [-0.3, -0.25) is 0 Å². The maximum absolute atomic E-state index is 9.85. The number of rotatable bonds is 5. The molecule has 5 heterocycles. The monoisotopic (exact) mass is 524 g/mol. The van der Waals surface area contributed by atoms with E-state index in [-0.39, 0.29) is 11.9 Å². The highest BCUT2D eigenvalue weighted by Gasteiger charge is 2.33. The number of benzene rings is 1. The van der Waals surface area contributed by atoms with Gasteiger partial charge in [0.05, 0.1) is 29.9 Å². The van der Waals surface area contributed by atoms with E-state index in [1.165, 1.54) is 12.7 Å². The highest BCUT2D eigenvalue weighted by Crippen LogP contribution is 2.44. The number of pyridine rings is 1. The molecule has 2 N–H and O–H groups in total. The molecule has 10 heteroatoms. The Balaban J connectivity index is 1.55. The highest BCUT2D eigenvalue weighted by molar-refractivity contribution is 5.91. The fourth-order valence-corrected chi connectivity index (χ4v) is 6.10. The van der Waals surface area contributed by atoms with Crippen LogP contribution in [0.15, 0.2) is 29.0 Å². The molecule has 2 aliphatic heterocycles. The van der Waals surface area contributed by atoms with Crippen LogP contribution in [0.3, 0.4) is 0 Å². The Labute approximate surface area is 227 Å². The average molecular weight is 525 g/mol. The molecule has 10 nitrogen and oxygen atoms in total. The molecule has 2 fully saturated rings. The number of hydrogen-bond acceptors (Lipinski definition) is 10. The summed E-state index contributed by atoms with van der Waals surface area (Å²) in [5.41, 5.74) is 11.1. The quantitative estimate of drug-likeness (QED) is 0.377. The lowest BCUT2D eigenvalue weighted by molar-refractivity contribution is 0.393. The van der Waals surface area contributed by atoms with Crippen LogP contribution < -0.4 is 20.3 Å². The summed E-state index contributed by atoms with van der Waals surface area (Å²) >= 11 is 0. The van der Waals surface area contributed by atoms with Gasteiger partial charge in [-0.2, -0.15) is 5.26 Å². The van der Waals surface area contributed by atoms with E-state index in [0.717, 1.165) is 95.9 Å². The van der Waals surface area contributed by atoms with E-state index >= 15 is 0 Å². The van der Waals surface area contributed by atoms with Crippen molar-refractivity contribution in [2.45, 2.75) is 52.0 Å². The lowest BCUT2D eigenvalue weighted by Gasteiger charge is -2.34. The predicted molar refractivity (Wildman–Crippen MR) is 150 cm³/mol. The number of piperidine rings is 1. The van der Waals surface area contributed by atoms with Crippen molar-refractivity contribution in [1.29, 1.82) is 5.26 Å². The first-order valence-corrected chi connectivity index (χ1v) is 13.5. The molecule has 0 saturated carbocycles. The maximum atomic E-state index is 9.85. The van der Waals surface area contributed by atoms with Crippen LogP contribution in [0.1, 0.15) is 60.7 Å². The van der Waals surface area contributed by atoms with E-state index in [1.54, 1.807) is 7.11 Å². The molecule has 4 aromatic rings. The van der Waals surface area contributed by atoms with Gasteiger partial charge in [0.25, 0.3) is 0 Å². The second kappa shape index (κ2) is 10.1. The Bertz CT molecular complexity index is 1570. The van der Waals surface area contributed by atoms with E-state index in [2.05, 4.69) is 43.1 Å². The minimum absolute atomic E-state index is 0.00448. The van der Waals surface area contributed by atoms with Crippen molar-refractivity contribution in [3.8, 4) is 22.9 Å². The SMILES string of the molecule is COc1cc2nc(N3CCCCC3)c(C3CCCN3c3ncnc(N)c3C#N)cc2cc1-c1c(C)noc1C. The van der Waals surface area contributed by atoms with E-state index in [4.69, 9.17) is 20.0 Å². The predicted octanol–water partition coefficient (Wildman–Crippen LogP) is 5.09. The zero-order valence-electron chi connectivity index (χ0n) is 22.6. The summed E-state index contributed by atoms with van der Waals surface area (Å²) in [7, 11) is 1.68. The van der Waals surface area contributed by atoms with Gasteiger partial charge in [0.1, 0.15) is 41.1 Å². The first kappa shape index (κ1) is 24.9. The number of nitrogens with two attached hydrogens (primary N) is 1. The second-order valence-corrected chi connectivity index (χ2v) is 10.3. The molecule has 0 spiro atoms. The number of fused-ring (bicyclic) bond motifs is 1. The van der Waals surface area contributed by atoms with Crippen molar-refractivity contribution in [3.63, 3.8) is 0 Å². The largest absolute Gasteiger partial charge is 0.496 e. The number of nitrogens with zero attached hydrogens (tertiary/aromatic N) is 7. The van der Waals surface area contributed by atoms with Gasteiger partial charge in [-0.25, -0.2) is 15.0 Å². The fraction of sp³-hybridized carbons (Fsp3) is 0.414. The Morgan fingerprint density at radius 3 is 2.59 bits per heavy atom. The summed E-state index contributed by atoms with van der Waals surface area (Å²) in [6, 6.07) is 8.62. The van der Waals surface area contributed by atoms with Gasteiger partial charge >= 0.3 is 0 Å². The fourth-order valence-electron chi connectivity index (χ4n) is 6.10. The lowest BCUT2D eigenvalue weighted by Crippen LogP contribution is -2.33. The molecule has 2 aliphatic rings. The first-order valence-electron chi connectivity index (χ1n) is 13.5. The van der Waals surface area contributed by atoms with Crippen LogP contribution in [0, 0.1) is 25.2 Å². The van der Waals surface area contributed by atoms with Crippen LogP contribution in [-0.4, -0.2) is 46.9 Å². The third-order valence-corrected chi connectivity index (χ3v) is 7.95. The van der Waals surface area contributed by atoms with Gasteiger partial charge in [0.15, 0.2) is 5.82 Å². The number of methoxy groups -OCH3 is 1. The van der Waals surface area contributed by atoms with Crippen molar-refractivity contribution in [2.75, 3.05) is 42.3 Å². The van der Waals surface area contributed by atoms with Crippen LogP contribution in [0.2, 0.25) is 0 Å². The van der Waals surface area contributed by atoms with E-state index in [1.807, 2.05) is 19.9 Å². The van der Waals surface area contributed by atoms with Gasteiger partial charge in [0, 0.05) is 42.2 Å². The van der Waals surface area contributed by atoms with Crippen LogP contribution in [0.25, 0.3) is 22.0 Å². The number of hydrogen-bond donors (Lipinski definition) is 1. The van der Waals surface area contributed by atoms with E-state index in [9.17, 15) is 5.26 Å². The van der Waals surface area contributed by atoms with Gasteiger partial charge in [-0.05, 0) is 58.1 Å². The molecular weight excluding hydrogens is 492 g/mol. The van der Waals surface area contributed by atoms with E-state index < -0.39 is 0 Å². The number of nitrogen functional groups attached to an aromatic ring is 1. The average Bonchev–Trinajstić information content (AvgIpc) is 3.58. The third kappa shape index (κ3) is 4.28. The molecular formula is C29H32N8O2.